The summed E-state index contributed by atoms with van der Waals surface area (Å²) < 4.78 is 5.08. The maximum absolute atomic E-state index is 6.07. The average molecular weight is 299 g/mol. The van der Waals surface area contributed by atoms with Crippen LogP contribution in [0.25, 0.3) is 0 Å². The Hall–Kier alpha value is -1.07. The van der Waals surface area contributed by atoms with E-state index in [9.17, 15) is 0 Å². The number of hydrogen-bond acceptors (Lipinski definition) is 5. The smallest absolute Gasteiger partial charge is 0.234 e. The van der Waals surface area contributed by atoms with Gasteiger partial charge < -0.3 is 10.1 Å². The predicted molar refractivity (Wildman–Crippen MR) is 81.6 cm³/mol. The fourth-order valence-electron chi connectivity index (χ4n) is 2.44. The number of likely N-dealkylation sites (tertiary alicyclic amines) is 1. The van der Waals surface area contributed by atoms with Crippen LogP contribution in [0.1, 0.15) is 33.6 Å². The molecule has 1 saturated heterocycles. The van der Waals surface area contributed by atoms with Gasteiger partial charge in [0, 0.05) is 24.7 Å². The van der Waals surface area contributed by atoms with Crippen molar-refractivity contribution in [3.63, 3.8) is 0 Å². The molecule has 0 atom stereocenters. The number of halogens is 1. The molecule has 1 fully saturated rings. The van der Waals surface area contributed by atoms with E-state index in [1.807, 2.05) is 0 Å². The highest BCUT2D eigenvalue weighted by molar-refractivity contribution is 6.31. The molecule has 0 unspecified atom stereocenters. The SMILES string of the molecule is COc1cnc(Cl)c(NC2CCN(C(C)(C)C)CC2)n1. The summed E-state index contributed by atoms with van der Waals surface area (Å²) in [5.41, 5.74) is 0.235. The normalized spacial score (nSPS) is 18.1. The molecule has 0 aliphatic carbocycles. The van der Waals surface area contributed by atoms with Crippen LogP contribution in [0.2, 0.25) is 5.15 Å². The lowest BCUT2D eigenvalue weighted by Gasteiger charge is -2.41. The molecule has 2 heterocycles. The Morgan fingerprint density at radius 1 is 1.35 bits per heavy atom. The van der Waals surface area contributed by atoms with E-state index in [1.165, 1.54) is 6.20 Å². The number of rotatable bonds is 3. The third kappa shape index (κ3) is 3.73. The van der Waals surface area contributed by atoms with E-state index in [-0.39, 0.29) is 5.54 Å². The molecule has 5 nitrogen and oxygen atoms in total. The number of hydrogen-bond donors (Lipinski definition) is 1. The molecule has 0 bridgehead atoms. The van der Waals surface area contributed by atoms with Crippen molar-refractivity contribution in [3.8, 4) is 5.88 Å². The van der Waals surface area contributed by atoms with Gasteiger partial charge in [-0.2, -0.15) is 4.98 Å². The van der Waals surface area contributed by atoms with Crippen LogP contribution in [0.5, 0.6) is 5.88 Å². The highest BCUT2D eigenvalue weighted by Crippen LogP contribution is 2.25. The zero-order valence-corrected chi connectivity index (χ0v) is 13.4. The molecular formula is C14H23ClN4O. The van der Waals surface area contributed by atoms with Crippen molar-refractivity contribution in [2.45, 2.75) is 45.2 Å². The largest absolute Gasteiger partial charge is 0.480 e. The van der Waals surface area contributed by atoms with Gasteiger partial charge in [0.1, 0.15) is 0 Å². The van der Waals surface area contributed by atoms with Gasteiger partial charge in [-0.3, -0.25) is 4.90 Å². The van der Waals surface area contributed by atoms with Crippen LogP contribution in [0.3, 0.4) is 0 Å². The second-order valence-electron chi connectivity index (χ2n) is 6.13. The van der Waals surface area contributed by atoms with Crippen molar-refractivity contribution in [1.82, 2.24) is 14.9 Å². The molecule has 1 aliphatic heterocycles. The van der Waals surface area contributed by atoms with Gasteiger partial charge >= 0.3 is 0 Å². The summed E-state index contributed by atoms with van der Waals surface area (Å²) in [6.07, 6.45) is 3.68. The van der Waals surface area contributed by atoms with Crippen LogP contribution in [-0.4, -0.2) is 46.6 Å². The minimum absolute atomic E-state index is 0.235. The van der Waals surface area contributed by atoms with E-state index in [0.29, 0.717) is 22.9 Å². The van der Waals surface area contributed by atoms with Crippen LogP contribution in [-0.2, 0) is 0 Å². The van der Waals surface area contributed by atoms with Crippen LogP contribution < -0.4 is 10.1 Å². The molecule has 1 aromatic heterocycles. The molecule has 0 amide bonds. The van der Waals surface area contributed by atoms with Gasteiger partial charge in [0.15, 0.2) is 11.0 Å². The first-order valence-corrected chi connectivity index (χ1v) is 7.36. The molecule has 0 saturated carbocycles. The average Bonchev–Trinajstić information content (AvgIpc) is 2.41. The third-order valence-electron chi connectivity index (χ3n) is 3.70. The first-order valence-electron chi connectivity index (χ1n) is 6.98. The van der Waals surface area contributed by atoms with E-state index in [0.717, 1.165) is 25.9 Å². The second-order valence-corrected chi connectivity index (χ2v) is 6.49. The fraction of sp³-hybridized carbons (Fsp3) is 0.714. The van der Waals surface area contributed by atoms with Crippen molar-refractivity contribution >= 4 is 17.4 Å². The lowest BCUT2D eigenvalue weighted by molar-refractivity contribution is 0.106. The highest BCUT2D eigenvalue weighted by atomic mass is 35.5. The summed E-state index contributed by atoms with van der Waals surface area (Å²) in [4.78, 5) is 10.9. The molecule has 0 spiro atoms. The first kappa shape index (κ1) is 15.3. The summed E-state index contributed by atoms with van der Waals surface area (Å²) in [7, 11) is 1.57. The van der Waals surface area contributed by atoms with Gasteiger partial charge in [-0.15, -0.1) is 0 Å². The van der Waals surface area contributed by atoms with E-state index in [2.05, 4.69) is 41.0 Å². The highest BCUT2D eigenvalue weighted by Gasteiger charge is 2.27. The molecular weight excluding hydrogens is 276 g/mol. The zero-order chi connectivity index (χ0) is 14.8. The summed E-state index contributed by atoms with van der Waals surface area (Å²) >= 11 is 6.07. The molecule has 1 aliphatic rings. The van der Waals surface area contributed by atoms with Gasteiger partial charge in [-0.25, -0.2) is 4.98 Å². The van der Waals surface area contributed by atoms with Crippen molar-refractivity contribution < 1.29 is 4.74 Å². The molecule has 1 aromatic rings. The summed E-state index contributed by atoms with van der Waals surface area (Å²) in [6.45, 7) is 8.92. The summed E-state index contributed by atoms with van der Waals surface area (Å²) in [5, 5.41) is 3.78. The van der Waals surface area contributed by atoms with E-state index >= 15 is 0 Å². The Bertz CT molecular complexity index is 453. The van der Waals surface area contributed by atoms with Gasteiger partial charge in [0.2, 0.25) is 5.88 Å². The quantitative estimate of drug-likeness (QED) is 0.930. The van der Waals surface area contributed by atoms with E-state index in [4.69, 9.17) is 16.3 Å². The van der Waals surface area contributed by atoms with Gasteiger partial charge in [-0.1, -0.05) is 11.6 Å². The zero-order valence-electron chi connectivity index (χ0n) is 12.6. The molecule has 6 heteroatoms. The Morgan fingerprint density at radius 3 is 2.55 bits per heavy atom. The van der Waals surface area contributed by atoms with Gasteiger partial charge in [0.05, 0.1) is 13.3 Å². The number of ether oxygens (including phenoxy) is 1. The molecule has 112 valence electrons. The Morgan fingerprint density at radius 2 is 2.00 bits per heavy atom. The fourth-order valence-corrected chi connectivity index (χ4v) is 2.58. The van der Waals surface area contributed by atoms with Crippen molar-refractivity contribution in [2.24, 2.45) is 0 Å². The van der Waals surface area contributed by atoms with Crippen LogP contribution in [0.15, 0.2) is 6.20 Å². The Labute approximate surface area is 125 Å². The van der Waals surface area contributed by atoms with E-state index < -0.39 is 0 Å². The number of nitrogens with one attached hydrogen (secondary N) is 1. The second kappa shape index (κ2) is 6.14. The number of nitrogens with zero attached hydrogens (tertiary/aromatic N) is 3. The van der Waals surface area contributed by atoms with Crippen LogP contribution >= 0.6 is 11.6 Å². The summed E-state index contributed by atoms with van der Waals surface area (Å²) in [5.74, 6) is 1.09. The van der Waals surface area contributed by atoms with Crippen molar-refractivity contribution in [1.29, 1.82) is 0 Å². The standard InChI is InChI=1S/C14H23ClN4O/c1-14(2,3)19-7-5-10(6-8-19)17-13-12(15)16-9-11(18-13)20-4/h9-10H,5-8H2,1-4H3,(H,17,18). The van der Waals surface area contributed by atoms with Gasteiger partial charge in [-0.05, 0) is 33.6 Å². The van der Waals surface area contributed by atoms with Crippen molar-refractivity contribution in [3.05, 3.63) is 11.3 Å². The minimum atomic E-state index is 0.235. The molecule has 0 radical (unpaired) electrons. The predicted octanol–water partition coefficient (Wildman–Crippen LogP) is 2.81. The number of piperidine rings is 1. The van der Waals surface area contributed by atoms with Crippen LogP contribution in [0, 0.1) is 0 Å². The monoisotopic (exact) mass is 298 g/mol. The first-order chi connectivity index (χ1) is 9.40. The number of anilines is 1. The van der Waals surface area contributed by atoms with Gasteiger partial charge in [0.25, 0.3) is 0 Å². The molecule has 2 rings (SSSR count). The minimum Gasteiger partial charge on any atom is -0.480 e. The van der Waals surface area contributed by atoms with E-state index in [1.54, 1.807) is 7.11 Å². The van der Waals surface area contributed by atoms with Crippen LogP contribution in [0.4, 0.5) is 5.82 Å². The van der Waals surface area contributed by atoms with Crippen molar-refractivity contribution in [2.75, 3.05) is 25.5 Å². The molecule has 1 N–H and O–H groups in total. The maximum atomic E-state index is 6.07. The Kier molecular flexibility index (Phi) is 4.70. The third-order valence-corrected chi connectivity index (χ3v) is 3.98. The molecule has 0 aromatic carbocycles. The lowest BCUT2D eigenvalue weighted by atomic mass is 9.98. The maximum Gasteiger partial charge on any atom is 0.234 e. The lowest BCUT2D eigenvalue weighted by Crippen LogP contribution is -2.48. The Balaban J connectivity index is 1.96. The number of aromatic nitrogens is 2. The molecule has 20 heavy (non-hydrogen) atoms. The topological polar surface area (TPSA) is 50.3 Å². The summed E-state index contributed by atoms with van der Waals surface area (Å²) in [6, 6.07) is 0.382. The number of methoxy groups -OCH3 is 1.